The van der Waals surface area contributed by atoms with E-state index < -0.39 is 11.9 Å². The molecule has 2 aromatic carbocycles. The summed E-state index contributed by atoms with van der Waals surface area (Å²) in [4.78, 5) is 23.7. The van der Waals surface area contributed by atoms with Gasteiger partial charge in [0, 0.05) is 15.4 Å². The maximum absolute atomic E-state index is 12.2. The molecule has 0 saturated carbocycles. The summed E-state index contributed by atoms with van der Waals surface area (Å²) in [6.45, 7) is 1.80. The molecule has 0 radical (unpaired) electrons. The van der Waals surface area contributed by atoms with Crippen molar-refractivity contribution in [3.8, 4) is 5.75 Å². The molecule has 3 aromatic rings. The molecule has 0 unspecified atom stereocenters. The van der Waals surface area contributed by atoms with E-state index in [1.165, 1.54) is 6.21 Å². The number of halogens is 1. The Balaban J connectivity index is 1.65. The third-order valence-electron chi connectivity index (χ3n) is 3.64. The van der Waals surface area contributed by atoms with Crippen molar-refractivity contribution >= 4 is 45.0 Å². The van der Waals surface area contributed by atoms with E-state index >= 15 is 0 Å². The Bertz CT molecular complexity index is 1030. The predicted molar refractivity (Wildman–Crippen MR) is 108 cm³/mol. The van der Waals surface area contributed by atoms with Gasteiger partial charge in [0.1, 0.15) is 11.3 Å². The van der Waals surface area contributed by atoms with E-state index in [1.807, 2.05) is 12.1 Å². The fraction of sp³-hybridized carbons (Fsp3) is 0.150. The van der Waals surface area contributed by atoms with Crippen LogP contribution in [0.5, 0.6) is 5.75 Å². The minimum absolute atomic E-state index is 0.150. The maximum atomic E-state index is 12.2. The molecule has 0 bridgehead atoms. The van der Waals surface area contributed by atoms with Crippen LogP contribution in [0.2, 0.25) is 0 Å². The summed E-state index contributed by atoms with van der Waals surface area (Å²) in [6.07, 6.45) is 1.43. The van der Waals surface area contributed by atoms with Gasteiger partial charge in [-0.2, -0.15) is 5.10 Å². The van der Waals surface area contributed by atoms with Crippen molar-refractivity contribution in [2.45, 2.75) is 6.92 Å². The predicted octanol–water partition coefficient (Wildman–Crippen LogP) is 3.90. The van der Waals surface area contributed by atoms with Gasteiger partial charge in [0.2, 0.25) is 0 Å². The van der Waals surface area contributed by atoms with Crippen LogP contribution in [0.1, 0.15) is 23.0 Å². The van der Waals surface area contributed by atoms with E-state index in [4.69, 9.17) is 13.9 Å². The number of hydrogen-bond donors (Lipinski definition) is 1. The minimum atomic E-state index is -0.478. The molecule has 1 N–H and O–H groups in total. The monoisotopic (exact) mass is 444 g/mol. The molecule has 8 heteroatoms. The molecule has 144 valence electrons. The first-order chi connectivity index (χ1) is 13.6. The van der Waals surface area contributed by atoms with Crippen molar-refractivity contribution in [1.82, 2.24) is 5.43 Å². The summed E-state index contributed by atoms with van der Waals surface area (Å²) >= 11 is 3.38. The van der Waals surface area contributed by atoms with Crippen LogP contribution in [0.15, 0.2) is 62.5 Å². The molecule has 1 amide bonds. The Hall–Kier alpha value is -3.13. The Labute approximate surface area is 169 Å². The largest absolute Gasteiger partial charge is 0.481 e. The Morgan fingerprint density at radius 1 is 1.21 bits per heavy atom. The number of hydrogen-bond acceptors (Lipinski definition) is 6. The van der Waals surface area contributed by atoms with Crippen LogP contribution in [0.3, 0.4) is 0 Å². The van der Waals surface area contributed by atoms with Gasteiger partial charge in [-0.15, -0.1) is 0 Å². The van der Waals surface area contributed by atoms with Crippen molar-refractivity contribution in [3.63, 3.8) is 0 Å². The Morgan fingerprint density at radius 2 is 2.04 bits per heavy atom. The van der Waals surface area contributed by atoms with Gasteiger partial charge in [0.05, 0.1) is 12.8 Å². The number of rotatable bonds is 7. The molecule has 1 heterocycles. The number of amides is 1. The molecular formula is C20H17BrN2O5. The second-order valence-corrected chi connectivity index (χ2v) is 6.54. The number of esters is 1. The molecule has 0 fully saturated rings. The van der Waals surface area contributed by atoms with Gasteiger partial charge in [0.15, 0.2) is 12.4 Å². The van der Waals surface area contributed by atoms with E-state index in [2.05, 4.69) is 26.5 Å². The van der Waals surface area contributed by atoms with Gasteiger partial charge in [-0.25, -0.2) is 10.2 Å². The number of nitrogens with zero attached hydrogens (tertiary/aromatic N) is 1. The van der Waals surface area contributed by atoms with Gasteiger partial charge < -0.3 is 13.9 Å². The quantitative estimate of drug-likeness (QED) is 0.339. The van der Waals surface area contributed by atoms with Gasteiger partial charge >= 0.3 is 11.9 Å². The van der Waals surface area contributed by atoms with Gasteiger partial charge in [0.25, 0.3) is 0 Å². The molecule has 0 aliphatic carbocycles. The Kier molecular flexibility index (Phi) is 6.44. The van der Waals surface area contributed by atoms with Crippen LogP contribution in [0.4, 0.5) is 0 Å². The fourth-order valence-electron chi connectivity index (χ4n) is 2.40. The van der Waals surface area contributed by atoms with E-state index in [0.717, 1.165) is 9.86 Å². The highest BCUT2D eigenvalue weighted by molar-refractivity contribution is 9.10. The topological polar surface area (TPSA) is 90.1 Å². The number of fused-ring (bicyclic) bond motifs is 1. The van der Waals surface area contributed by atoms with Gasteiger partial charge in [-0.05, 0) is 43.3 Å². The summed E-state index contributed by atoms with van der Waals surface area (Å²) in [5.74, 6) is -0.341. The lowest BCUT2D eigenvalue weighted by atomic mass is 10.2. The number of carbonyl (C=O) groups is 2. The lowest BCUT2D eigenvalue weighted by Crippen LogP contribution is -2.17. The van der Waals surface area contributed by atoms with Crippen molar-refractivity contribution in [2.75, 3.05) is 13.2 Å². The first kappa shape index (κ1) is 19.6. The molecule has 0 atom stereocenters. The third-order valence-corrected chi connectivity index (χ3v) is 4.13. The second kappa shape index (κ2) is 9.18. The van der Waals surface area contributed by atoms with E-state index in [9.17, 15) is 9.59 Å². The third kappa shape index (κ3) is 4.98. The highest BCUT2D eigenvalue weighted by Gasteiger charge is 2.12. The number of hydrazone groups is 1. The van der Waals surface area contributed by atoms with Crippen LogP contribution in [0, 0.1) is 0 Å². The molecule has 28 heavy (non-hydrogen) atoms. The zero-order valence-corrected chi connectivity index (χ0v) is 16.6. The maximum Gasteiger partial charge on any atom is 0.344 e. The van der Waals surface area contributed by atoms with Crippen LogP contribution >= 0.6 is 15.9 Å². The highest BCUT2D eigenvalue weighted by atomic mass is 79.9. The molecule has 0 saturated heterocycles. The standard InChI is InChI=1S/C20H17BrN2O5/c1-2-26-19(24)12-27-16-6-4-3-5-13(16)11-22-23-20(25)18-10-14-9-15(21)7-8-17(14)28-18/h3-11H,2,12H2,1H3,(H,23,25)/b22-11+. The van der Waals surface area contributed by atoms with Crippen molar-refractivity contribution < 1.29 is 23.5 Å². The first-order valence-corrected chi connectivity index (χ1v) is 9.26. The Morgan fingerprint density at radius 3 is 2.86 bits per heavy atom. The van der Waals surface area contributed by atoms with Crippen molar-refractivity contribution in [1.29, 1.82) is 0 Å². The molecule has 3 rings (SSSR count). The molecule has 1 aromatic heterocycles. The second-order valence-electron chi connectivity index (χ2n) is 5.62. The number of para-hydroxylation sites is 1. The summed E-state index contributed by atoms with van der Waals surface area (Å²) in [7, 11) is 0. The first-order valence-electron chi connectivity index (χ1n) is 8.46. The van der Waals surface area contributed by atoms with Crippen LogP contribution in [0.25, 0.3) is 11.0 Å². The van der Waals surface area contributed by atoms with E-state index in [0.29, 0.717) is 16.9 Å². The van der Waals surface area contributed by atoms with Crippen molar-refractivity contribution in [3.05, 3.63) is 64.3 Å². The smallest absolute Gasteiger partial charge is 0.344 e. The summed E-state index contributed by atoms with van der Waals surface area (Å²) < 4.78 is 16.7. The van der Waals surface area contributed by atoms with Gasteiger partial charge in [-0.3, -0.25) is 4.79 Å². The SMILES string of the molecule is CCOC(=O)COc1ccccc1/C=N/NC(=O)c1cc2cc(Br)ccc2o1. The average molecular weight is 445 g/mol. The number of carbonyl (C=O) groups excluding carboxylic acids is 2. The molecule has 0 aliphatic heterocycles. The molecular weight excluding hydrogens is 428 g/mol. The summed E-state index contributed by atoms with van der Waals surface area (Å²) in [5.41, 5.74) is 3.62. The summed E-state index contributed by atoms with van der Waals surface area (Å²) in [5, 5.41) is 4.75. The number of nitrogens with one attached hydrogen (secondary N) is 1. The fourth-order valence-corrected chi connectivity index (χ4v) is 2.78. The van der Waals surface area contributed by atoms with Gasteiger partial charge in [-0.1, -0.05) is 28.1 Å². The number of benzene rings is 2. The number of furan rings is 1. The van der Waals surface area contributed by atoms with Crippen molar-refractivity contribution in [2.24, 2.45) is 5.10 Å². The lowest BCUT2D eigenvalue weighted by molar-refractivity contribution is -0.145. The normalized spacial score (nSPS) is 10.9. The van der Waals surface area contributed by atoms with Crippen LogP contribution < -0.4 is 10.2 Å². The van der Waals surface area contributed by atoms with Crippen LogP contribution in [-0.2, 0) is 9.53 Å². The van der Waals surface area contributed by atoms with E-state index in [-0.39, 0.29) is 19.0 Å². The van der Waals surface area contributed by atoms with Crippen LogP contribution in [-0.4, -0.2) is 31.3 Å². The summed E-state index contributed by atoms with van der Waals surface area (Å²) in [6, 6.07) is 14.1. The number of ether oxygens (including phenoxy) is 2. The van der Waals surface area contributed by atoms with E-state index in [1.54, 1.807) is 43.3 Å². The highest BCUT2D eigenvalue weighted by Crippen LogP contribution is 2.23. The minimum Gasteiger partial charge on any atom is -0.481 e. The molecule has 0 spiro atoms. The average Bonchev–Trinajstić information content (AvgIpc) is 3.10. The molecule has 7 nitrogen and oxygen atoms in total. The molecule has 0 aliphatic rings. The lowest BCUT2D eigenvalue weighted by Gasteiger charge is -2.08. The zero-order valence-electron chi connectivity index (χ0n) is 15.0. The zero-order chi connectivity index (χ0) is 19.9.